The smallest absolute Gasteiger partial charge is 0.251 e. The predicted octanol–water partition coefficient (Wildman–Crippen LogP) is 3.98. The maximum absolute atomic E-state index is 12.3. The molecule has 1 aliphatic rings. The Morgan fingerprint density at radius 3 is 2.41 bits per heavy atom. The van der Waals surface area contributed by atoms with Gasteiger partial charge in [0.15, 0.2) is 0 Å². The number of nitrogens with zero attached hydrogens (tertiary/aromatic N) is 1. The van der Waals surface area contributed by atoms with Gasteiger partial charge < -0.3 is 5.32 Å². The van der Waals surface area contributed by atoms with Gasteiger partial charge in [-0.1, -0.05) is 42.6 Å². The summed E-state index contributed by atoms with van der Waals surface area (Å²) in [6, 6.07) is 14.0. The van der Waals surface area contributed by atoms with Crippen molar-refractivity contribution in [2.24, 2.45) is 0 Å². The molecule has 0 saturated heterocycles. The van der Waals surface area contributed by atoms with Gasteiger partial charge in [-0.3, -0.25) is 9.10 Å². The summed E-state index contributed by atoms with van der Waals surface area (Å²) in [4.78, 5) is 12.3. The molecular formula is C20H23ClN2O3S. The Bertz CT molecular complexity index is 907. The SMILES string of the molecule is CS(=O)(=O)N(Cc1ccc(C(=O)NC2CCCC2)cc1)c1cccc(Cl)c1. The highest BCUT2D eigenvalue weighted by molar-refractivity contribution is 7.92. The molecule has 1 saturated carbocycles. The fraction of sp³-hybridized carbons (Fsp3) is 0.350. The second-order valence-electron chi connectivity index (χ2n) is 6.90. The molecule has 1 N–H and O–H groups in total. The van der Waals surface area contributed by atoms with Crippen molar-refractivity contribution in [1.29, 1.82) is 0 Å². The Balaban J connectivity index is 1.74. The minimum atomic E-state index is -3.48. The van der Waals surface area contributed by atoms with E-state index in [1.165, 1.54) is 4.31 Å². The summed E-state index contributed by atoms with van der Waals surface area (Å²) in [5.41, 5.74) is 1.88. The lowest BCUT2D eigenvalue weighted by Crippen LogP contribution is -2.32. The zero-order valence-electron chi connectivity index (χ0n) is 15.2. The monoisotopic (exact) mass is 406 g/mol. The zero-order valence-corrected chi connectivity index (χ0v) is 16.8. The molecule has 0 bridgehead atoms. The number of hydrogen-bond donors (Lipinski definition) is 1. The molecule has 1 aliphatic carbocycles. The van der Waals surface area contributed by atoms with E-state index >= 15 is 0 Å². The van der Waals surface area contributed by atoms with E-state index in [0.717, 1.165) is 37.5 Å². The average molecular weight is 407 g/mol. The maximum Gasteiger partial charge on any atom is 0.251 e. The van der Waals surface area contributed by atoms with Crippen LogP contribution in [0.3, 0.4) is 0 Å². The molecule has 0 aliphatic heterocycles. The minimum Gasteiger partial charge on any atom is -0.349 e. The third-order valence-electron chi connectivity index (χ3n) is 4.73. The molecule has 144 valence electrons. The first-order chi connectivity index (χ1) is 12.8. The highest BCUT2D eigenvalue weighted by Crippen LogP contribution is 2.24. The Hall–Kier alpha value is -2.05. The molecule has 27 heavy (non-hydrogen) atoms. The standard InChI is InChI=1S/C20H23ClN2O3S/c1-27(25,26)23(19-8-4-5-17(21)13-19)14-15-9-11-16(12-10-15)20(24)22-18-6-2-3-7-18/h4-5,8-13,18H,2-3,6-7,14H2,1H3,(H,22,24). The number of halogens is 1. The number of sulfonamides is 1. The number of hydrogen-bond acceptors (Lipinski definition) is 3. The molecule has 2 aromatic carbocycles. The van der Waals surface area contributed by atoms with E-state index in [0.29, 0.717) is 16.3 Å². The van der Waals surface area contributed by atoms with Crippen LogP contribution in [0.4, 0.5) is 5.69 Å². The number of benzene rings is 2. The fourth-order valence-electron chi connectivity index (χ4n) is 3.30. The number of anilines is 1. The molecule has 1 fully saturated rings. The quantitative estimate of drug-likeness (QED) is 0.789. The summed E-state index contributed by atoms with van der Waals surface area (Å²) in [5.74, 6) is -0.0803. The van der Waals surface area contributed by atoms with E-state index in [4.69, 9.17) is 11.6 Å². The first-order valence-electron chi connectivity index (χ1n) is 8.96. The molecule has 0 radical (unpaired) electrons. The van der Waals surface area contributed by atoms with Gasteiger partial charge in [0.25, 0.3) is 5.91 Å². The van der Waals surface area contributed by atoms with E-state index in [9.17, 15) is 13.2 Å². The van der Waals surface area contributed by atoms with Crippen molar-refractivity contribution >= 4 is 33.2 Å². The zero-order chi connectivity index (χ0) is 19.4. The molecule has 2 aromatic rings. The van der Waals surface area contributed by atoms with Gasteiger partial charge in [-0.15, -0.1) is 0 Å². The van der Waals surface area contributed by atoms with E-state index in [-0.39, 0.29) is 18.5 Å². The van der Waals surface area contributed by atoms with Crippen LogP contribution in [0.1, 0.15) is 41.6 Å². The van der Waals surface area contributed by atoms with Gasteiger partial charge in [-0.25, -0.2) is 8.42 Å². The van der Waals surface area contributed by atoms with Gasteiger partial charge in [-0.2, -0.15) is 0 Å². The molecule has 3 rings (SSSR count). The van der Waals surface area contributed by atoms with Gasteiger partial charge in [0.05, 0.1) is 18.5 Å². The van der Waals surface area contributed by atoms with Gasteiger partial charge in [0.1, 0.15) is 0 Å². The van der Waals surface area contributed by atoms with Crippen LogP contribution < -0.4 is 9.62 Å². The van der Waals surface area contributed by atoms with Crippen molar-refractivity contribution in [2.45, 2.75) is 38.3 Å². The summed E-state index contributed by atoms with van der Waals surface area (Å²) in [5, 5.41) is 3.52. The molecule has 1 amide bonds. The van der Waals surface area contributed by atoms with E-state index in [1.807, 2.05) is 0 Å². The van der Waals surface area contributed by atoms with Crippen molar-refractivity contribution in [3.05, 3.63) is 64.7 Å². The average Bonchev–Trinajstić information content (AvgIpc) is 3.12. The first kappa shape index (κ1) is 19.7. The second-order valence-corrected chi connectivity index (χ2v) is 9.24. The molecule has 0 aromatic heterocycles. The summed E-state index contributed by atoms with van der Waals surface area (Å²) in [7, 11) is -3.48. The summed E-state index contributed by atoms with van der Waals surface area (Å²) < 4.78 is 25.8. The van der Waals surface area contributed by atoms with Crippen LogP contribution in [0.2, 0.25) is 5.02 Å². The normalized spacial score (nSPS) is 14.9. The molecular weight excluding hydrogens is 384 g/mol. The molecule has 0 unspecified atom stereocenters. The Morgan fingerprint density at radius 2 is 1.81 bits per heavy atom. The van der Waals surface area contributed by atoms with Gasteiger partial charge >= 0.3 is 0 Å². The third kappa shape index (κ3) is 5.23. The minimum absolute atomic E-state index is 0.0803. The highest BCUT2D eigenvalue weighted by atomic mass is 35.5. The maximum atomic E-state index is 12.3. The summed E-state index contributed by atoms with van der Waals surface area (Å²) >= 11 is 6.00. The molecule has 7 heteroatoms. The fourth-order valence-corrected chi connectivity index (χ4v) is 4.36. The van der Waals surface area contributed by atoms with Gasteiger partial charge in [-0.05, 0) is 48.7 Å². The van der Waals surface area contributed by atoms with Crippen molar-refractivity contribution < 1.29 is 13.2 Å². The van der Waals surface area contributed by atoms with E-state index < -0.39 is 10.0 Å². The number of carbonyl (C=O) groups excluding carboxylic acids is 1. The lowest BCUT2D eigenvalue weighted by Gasteiger charge is -2.23. The largest absolute Gasteiger partial charge is 0.349 e. The van der Waals surface area contributed by atoms with E-state index in [2.05, 4.69) is 5.32 Å². The Kier molecular flexibility index (Phi) is 6.07. The van der Waals surface area contributed by atoms with Gasteiger partial charge in [0.2, 0.25) is 10.0 Å². The van der Waals surface area contributed by atoms with Crippen LogP contribution in [-0.4, -0.2) is 26.6 Å². The van der Waals surface area contributed by atoms with Gasteiger partial charge in [0, 0.05) is 16.6 Å². The summed E-state index contributed by atoms with van der Waals surface area (Å²) in [6.07, 6.45) is 5.56. The molecule has 0 atom stereocenters. The third-order valence-corrected chi connectivity index (χ3v) is 6.10. The Labute approximate surface area is 165 Å². The number of nitrogens with one attached hydrogen (secondary N) is 1. The Morgan fingerprint density at radius 1 is 1.15 bits per heavy atom. The van der Waals surface area contributed by atoms with Crippen LogP contribution >= 0.6 is 11.6 Å². The number of rotatable bonds is 6. The van der Waals surface area contributed by atoms with Crippen LogP contribution in [0.15, 0.2) is 48.5 Å². The van der Waals surface area contributed by atoms with Crippen molar-refractivity contribution in [3.63, 3.8) is 0 Å². The predicted molar refractivity (Wildman–Crippen MR) is 109 cm³/mol. The highest BCUT2D eigenvalue weighted by Gasteiger charge is 2.20. The van der Waals surface area contributed by atoms with Crippen LogP contribution in [0.25, 0.3) is 0 Å². The van der Waals surface area contributed by atoms with E-state index in [1.54, 1.807) is 48.5 Å². The summed E-state index contributed by atoms with van der Waals surface area (Å²) in [6.45, 7) is 0.170. The lowest BCUT2D eigenvalue weighted by atomic mass is 10.1. The van der Waals surface area contributed by atoms with Crippen LogP contribution in [-0.2, 0) is 16.6 Å². The molecule has 0 heterocycles. The molecule has 0 spiro atoms. The van der Waals surface area contributed by atoms with Crippen molar-refractivity contribution in [2.75, 3.05) is 10.6 Å². The van der Waals surface area contributed by atoms with Crippen molar-refractivity contribution in [3.8, 4) is 0 Å². The lowest BCUT2D eigenvalue weighted by molar-refractivity contribution is 0.0938. The topological polar surface area (TPSA) is 66.5 Å². The number of amides is 1. The first-order valence-corrected chi connectivity index (χ1v) is 11.2. The van der Waals surface area contributed by atoms with Crippen LogP contribution in [0, 0.1) is 0 Å². The molecule has 5 nitrogen and oxygen atoms in total. The van der Waals surface area contributed by atoms with Crippen LogP contribution in [0.5, 0.6) is 0 Å². The van der Waals surface area contributed by atoms with Crippen molar-refractivity contribution in [1.82, 2.24) is 5.32 Å². The second kappa shape index (κ2) is 8.31. The number of carbonyl (C=O) groups is 1.